The van der Waals surface area contributed by atoms with Crippen molar-refractivity contribution in [3.05, 3.63) is 29.6 Å². The third-order valence-corrected chi connectivity index (χ3v) is 4.60. The van der Waals surface area contributed by atoms with Crippen molar-refractivity contribution in [3.63, 3.8) is 0 Å². The maximum atomic E-state index is 10.9. The Morgan fingerprint density at radius 3 is 2.24 bits per heavy atom. The largest absolute Gasteiger partial charge is 0.465 e. The van der Waals surface area contributed by atoms with Crippen LogP contribution in [-0.2, 0) is 9.53 Å². The maximum absolute atomic E-state index is 10.9. The number of carbonyl (C=O) groups excluding carboxylic acids is 1. The van der Waals surface area contributed by atoms with Crippen molar-refractivity contribution in [1.82, 2.24) is 20.5 Å². The van der Waals surface area contributed by atoms with Crippen LogP contribution in [-0.4, -0.2) is 55.2 Å². The van der Waals surface area contributed by atoms with Crippen LogP contribution in [0.25, 0.3) is 0 Å². The van der Waals surface area contributed by atoms with Crippen LogP contribution in [0.5, 0.6) is 0 Å². The highest BCUT2D eigenvalue weighted by Crippen LogP contribution is 2.15. The summed E-state index contributed by atoms with van der Waals surface area (Å²) in [7, 11) is 0. The molecule has 0 aliphatic carbocycles. The first-order valence-corrected chi connectivity index (χ1v) is 9.35. The molecule has 0 saturated heterocycles. The number of hydrogen-bond acceptors (Lipinski definition) is 6. The summed E-state index contributed by atoms with van der Waals surface area (Å²) in [5.41, 5.74) is 2.19. The van der Waals surface area contributed by atoms with Crippen molar-refractivity contribution in [2.45, 2.75) is 45.7 Å². The lowest BCUT2D eigenvalue weighted by Gasteiger charge is -2.24. The standard InChI is InChI=1S/C19H32N4O2/c1-15-18-7-4-8-19(22-18)16(2)21-10-6-12-23(11-5-9-20-15)13-14-25-17(3)24/h4,7-8,15-16,20-21H,5-6,9-14H2,1-3H3/t15-,16-/m0/s1. The van der Waals surface area contributed by atoms with E-state index in [-0.39, 0.29) is 18.1 Å². The zero-order chi connectivity index (χ0) is 18.1. The van der Waals surface area contributed by atoms with Crippen molar-refractivity contribution in [2.75, 3.05) is 39.3 Å². The van der Waals surface area contributed by atoms with Crippen LogP contribution >= 0.6 is 0 Å². The van der Waals surface area contributed by atoms with Gasteiger partial charge in [-0.3, -0.25) is 14.7 Å². The molecule has 0 saturated carbocycles. The molecule has 140 valence electrons. The molecule has 2 rings (SSSR count). The second-order valence-corrected chi connectivity index (χ2v) is 6.73. The predicted octanol–water partition coefficient (Wildman–Crippen LogP) is 2.04. The Morgan fingerprint density at radius 2 is 1.72 bits per heavy atom. The predicted molar refractivity (Wildman–Crippen MR) is 99.4 cm³/mol. The Balaban J connectivity index is 1.94. The molecule has 1 aromatic heterocycles. The quantitative estimate of drug-likeness (QED) is 0.815. The number of pyridine rings is 1. The summed E-state index contributed by atoms with van der Waals surface area (Å²) in [5, 5.41) is 7.12. The fraction of sp³-hybridized carbons (Fsp3) is 0.684. The molecule has 1 aromatic rings. The average molecular weight is 348 g/mol. The highest BCUT2D eigenvalue weighted by Gasteiger charge is 2.13. The van der Waals surface area contributed by atoms with Crippen molar-refractivity contribution in [1.29, 1.82) is 0 Å². The molecule has 2 atom stereocenters. The van der Waals surface area contributed by atoms with Crippen LogP contribution in [0.2, 0.25) is 0 Å². The van der Waals surface area contributed by atoms with E-state index in [1.165, 1.54) is 6.92 Å². The summed E-state index contributed by atoms with van der Waals surface area (Å²) in [6, 6.07) is 6.75. The fourth-order valence-corrected chi connectivity index (χ4v) is 3.06. The van der Waals surface area contributed by atoms with Crippen LogP contribution in [0.1, 0.15) is 57.1 Å². The Bertz CT molecular complexity index is 505. The van der Waals surface area contributed by atoms with E-state index in [0.29, 0.717) is 6.61 Å². The first-order chi connectivity index (χ1) is 12.1. The van der Waals surface area contributed by atoms with Crippen LogP contribution in [0.15, 0.2) is 18.2 Å². The van der Waals surface area contributed by atoms with Crippen LogP contribution in [0.3, 0.4) is 0 Å². The van der Waals surface area contributed by atoms with Gasteiger partial charge in [-0.2, -0.15) is 0 Å². The molecule has 2 bridgehead atoms. The van der Waals surface area contributed by atoms with E-state index in [4.69, 9.17) is 9.72 Å². The van der Waals surface area contributed by atoms with Gasteiger partial charge in [0, 0.05) is 25.6 Å². The zero-order valence-corrected chi connectivity index (χ0v) is 15.8. The van der Waals surface area contributed by atoms with Gasteiger partial charge in [0.05, 0.1) is 11.4 Å². The summed E-state index contributed by atoms with van der Waals surface area (Å²) in [5.74, 6) is -0.207. The van der Waals surface area contributed by atoms with Crippen LogP contribution < -0.4 is 10.6 Å². The van der Waals surface area contributed by atoms with Gasteiger partial charge in [0.2, 0.25) is 0 Å². The molecule has 2 N–H and O–H groups in total. The summed E-state index contributed by atoms with van der Waals surface area (Å²) in [6.45, 7) is 11.0. The topological polar surface area (TPSA) is 66.5 Å². The first kappa shape index (κ1) is 19.8. The molecular weight excluding hydrogens is 316 g/mol. The van der Waals surface area contributed by atoms with Gasteiger partial charge in [-0.05, 0) is 65.0 Å². The highest BCUT2D eigenvalue weighted by molar-refractivity contribution is 5.65. The maximum Gasteiger partial charge on any atom is 0.302 e. The van der Waals surface area contributed by atoms with Crippen molar-refractivity contribution >= 4 is 5.97 Å². The normalized spacial score (nSPS) is 23.6. The first-order valence-electron chi connectivity index (χ1n) is 9.35. The lowest BCUT2D eigenvalue weighted by Crippen LogP contribution is -2.34. The Hall–Kier alpha value is -1.50. The van der Waals surface area contributed by atoms with Crippen molar-refractivity contribution in [3.8, 4) is 0 Å². The van der Waals surface area contributed by atoms with Gasteiger partial charge in [-0.15, -0.1) is 0 Å². The molecule has 0 amide bonds. The molecule has 0 unspecified atom stereocenters. The van der Waals surface area contributed by atoms with Crippen LogP contribution in [0.4, 0.5) is 0 Å². The number of rotatable bonds is 3. The number of nitrogens with one attached hydrogen (secondary N) is 2. The van der Waals surface area contributed by atoms with Gasteiger partial charge in [0.25, 0.3) is 0 Å². The zero-order valence-electron chi connectivity index (χ0n) is 15.8. The molecule has 25 heavy (non-hydrogen) atoms. The number of ether oxygens (including phenoxy) is 1. The molecule has 0 radical (unpaired) electrons. The lowest BCUT2D eigenvalue weighted by atomic mass is 10.1. The number of hydrogen-bond donors (Lipinski definition) is 2. The van der Waals surface area contributed by atoms with Crippen molar-refractivity contribution in [2.24, 2.45) is 0 Å². The number of fused-ring (bicyclic) bond motifs is 2. The minimum absolute atomic E-state index is 0.207. The summed E-state index contributed by atoms with van der Waals surface area (Å²) >= 11 is 0. The third kappa shape index (κ3) is 7.10. The molecule has 2 heterocycles. The molecule has 0 fully saturated rings. The SMILES string of the molecule is CC(=O)OCCN1CCCN[C@@H](C)c2cccc(n2)[C@H](C)NCCC1. The summed E-state index contributed by atoms with van der Waals surface area (Å²) in [4.78, 5) is 18.1. The number of carbonyl (C=O) groups is 1. The lowest BCUT2D eigenvalue weighted by molar-refractivity contribution is -0.141. The van der Waals surface area contributed by atoms with E-state index in [2.05, 4.69) is 47.6 Å². The van der Waals surface area contributed by atoms with Gasteiger partial charge in [0.15, 0.2) is 0 Å². The van der Waals surface area contributed by atoms with Crippen LogP contribution in [0, 0.1) is 0 Å². The number of esters is 1. The monoisotopic (exact) mass is 348 g/mol. The van der Waals surface area contributed by atoms with Gasteiger partial charge in [-0.1, -0.05) is 6.07 Å². The Labute approximate surface area is 151 Å². The Kier molecular flexibility index (Phi) is 8.31. The number of aromatic nitrogens is 1. The molecule has 6 nitrogen and oxygen atoms in total. The van der Waals surface area contributed by atoms with E-state index in [0.717, 1.165) is 57.0 Å². The summed E-state index contributed by atoms with van der Waals surface area (Å²) < 4.78 is 5.10. The second kappa shape index (κ2) is 10.5. The van der Waals surface area contributed by atoms with E-state index < -0.39 is 0 Å². The van der Waals surface area contributed by atoms with E-state index in [9.17, 15) is 4.79 Å². The minimum atomic E-state index is -0.207. The second-order valence-electron chi connectivity index (χ2n) is 6.73. The fourth-order valence-electron chi connectivity index (χ4n) is 3.06. The molecule has 1 aliphatic heterocycles. The molecular formula is C19H32N4O2. The number of nitrogens with zero attached hydrogens (tertiary/aromatic N) is 2. The summed E-state index contributed by atoms with van der Waals surface area (Å²) in [6.07, 6.45) is 2.13. The van der Waals surface area contributed by atoms with Gasteiger partial charge < -0.3 is 15.4 Å². The van der Waals surface area contributed by atoms with Gasteiger partial charge >= 0.3 is 5.97 Å². The molecule has 0 aromatic carbocycles. The smallest absolute Gasteiger partial charge is 0.302 e. The molecule has 6 heteroatoms. The average Bonchev–Trinajstić information content (AvgIpc) is 2.60. The Morgan fingerprint density at radius 1 is 1.16 bits per heavy atom. The van der Waals surface area contributed by atoms with E-state index in [1.54, 1.807) is 0 Å². The highest BCUT2D eigenvalue weighted by atomic mass is 16.5. The molecule has 0 spiro atoms. The third-order valence-electron chi connectivity index (χ3n) is 4.60. The minimum Gasteiger partial charge on any atom is -0.465 e. The molecule has 1 aliphatic rings. The van der Waals surface area contributed by atoms with Gasteiger partial charge in [-0.25, -0.2) is 0 Å². The van der Waals surface area contributed by atoms with Crippen molar-refractivity contribution < 1.29 is 9.53 Å². The van der Waals surface area contributed by atoms with E-state index in [1.807, 2.05) is 0 Å². The van der Waals surface area contributed by atoms with Gasteiger partial charge in [0.1, 0.15) is 6.61 Å². The van der Waals surface area contributed by atoms with E-state index >= 15 is 0 Å².